The summed E-state index contributed by atoms with van der Waals surface area (Å²) in [4.78, 5) is 10.6. The van der Waals surface area contributed by atoms with Crippen LogP contribution in [0.1, 0.15) is 23.5 Å². The van der Waals surface area contributed by atoms with Crippen LogP contribution in [-0.4, -0.2) is 24.7 Å². The lowest BCUT2D eigenvalue weighted by molar-refractivity contribution is 0.0702. The number of hydrogen-bond acceptors (Lipinski definition) is 4. The maximum absolute atomic E-state index is 11.6. The molecule has 1 aromatic rings. The lowest BCUT2D eigenvalue weighted by Gasteiger charge is -2.03. The van der Waals surface area contributed by atoms with Gasteiger partial charge in [0.15, 0.2) is 9.84 Å². The third kappa shape index (κ3) is 1.96. The fourth-order valence-electron chi connectivity index (χ4n) is 0.820. The molecule has 1 rings (SSSR count). The SMILES string of the molecule is CC(C)S(=O)(=O)c1ccc(C(=O)O)s1. The van der Waals surface area contributed by atoms with Gasteiger partial charge in [0.2, 0.25) is 0 Å². The predicted molar refractivity (Wildman–Crippen MR) is 53.6 cm³/mol. The fraction of sp³-hybridized carbons (Fsp3) is 0.375. The summed E-state index contributed by atoms with van der Waals surface area (Å²) in [6, 6.07) is 2.64. The number of aromatic carboxylic acids is 1. The van der Waals surface area contributed by atoms with Crippen LogP contribution >= 0.6 is 11.3 Å². The first-order valence-electron chi connectivity index (χ1n) is 3.92. The highest BCUT2D eigenvalue weighted by Gasteiger charge is 2.22. The molecule has 0 aliphatic carbocycles. The monoisotopic (exact) mass is 234 g/mol. The number of sulfone groups is 1. The predicted octanol–water partition coefficient (Wildman–Crippen LogP) is 1.63. The van der Waals surface area contributed by atoms with E-state index in [9.17, 15) is 13.2 Å². The molecule has 0 aliphatic rings. The largest absolute Gasteiger partial charge is 0.477 e. The summed E-state index contributed by atoms with van der Waals surface area (Å²) >= 11 is 0.789. The lowest BCUT2D eigenvalue weighted by atomic mass is 10.5. The first-order valence-corrected chi connectivity index (χ1v) is 6.29. The zero-order valence-electron chi connectivity index (χ0n) is 7.72. The summed E-state index contributed by atoms with van der Waals surface area (Å²) in [7, 11) is -3.33. The summed E-state index contributed by atoms with van der Waals surface area (Å²) in [5, 5.41) is 8.09. The molecule has 1 N–H and O–H groups in total. The van der Waals surface area contributed by atoms with E-state index < -0.39 is 21.1 Å². The Hall–Kier alpha value is -0.880. The number of carboxylic acids is 1. The molecule has 0 atom stereocenters. The van der Waals surface area contributed by atoms with Crippen LogP contribution in [0.5, 0.6) is 0 Å². The molecule has 4 nitrogen and oxygen atoms in total. The van der Waals surface area contributed by atoms with Crippen LogP contribution in [0.2, 0.25) is 0 Å². The fourth-order valence-corrected chi connectivity index (χ4v) is 3.43. The summed E-state index contributed by atoms with van der Waals surface area (Å²) in [5.41, 5.74) is 0. The average molecular weight is 234 g/mol. The second kappa shape index (κ2) is 3.70. The second-order valence-electron chi connectivity index (χ2n) is 3.02. The third-order valence-corrected chi connectivity index (χ3v) is 5.45. The number of rotatable bonds is 3. The normalized spacial score (nSPS) is 11.9. The van der Waals surface area contributed by atoms with Gasteiger partial charge in [-0.2, -0.15) is 0 Å². The quantitative estimate of drug-likeness (QED) is 0.862. The second-order valence-corrected chi connectivity index (χ2v) is 6.83. The van der Waals surface area contributed by atoms with Crippen molar-refractivity contribution in [3.8, 4) is 0 Å². The average Bonchev–Trinajstić information content (AvgIpc) is 2.51. The van der Waals surface area contributed by atoms with Crippen LogP contribution in [0.15, 0.2) is 16.3 Å². The van der Waals surface area contributed by atoms with Crippen molar-refractivity contribution in [2.75, 3.05) is 0 Å². The summed E-state index contributed by atoms with van der Waals surface area (Å²) in [5.74, 6) is -1.10. The van der Waals surface area contributed by atoms with Crippen LogP contribution in [0, 0.1) is 0 Å². The van der Waals surface area contributed by atoms with Gasteiger partial charge in [-0.1, -0.05) is 0 Å². The van der Waals surface area contributed by atoms with Crippen LogP contribution < -0.4 is 0 Å². The van der Waals surface area contributed by atoms with Gasteiger partial charge in [-0.05, 0) is 26.0 Å². The number of hydrogen-bond donors (Lipinski definition) is 1. The van der Waals surface area contributed by atoms with E-state index in [1.807, 2.05) is 0 Å². The van der Waals surface area contributed by atoms with E-state index in [0.29, 0.717) is 0 Å². The topological polar surface area (TPSA) is 71.4 Å². The maximum Gasteiger partial charge on any atom is 0.345 e. The van der Waals surface area contributed by atoms with Gasteiger partial charge in [-0.25, -0.2) is 13.2 Å². The highest BCUT2D eigenvalue weighted by Crippen LogP contribution is 2.24. The molecule has 0 aliphatic heterocycles. The standard InChI is InChI=1S/C8H10O4S2/c1-5(2)14(11,12)7-4-3-6(13-7)8(9)10/h3-5H,1-2H3,(H,9,10). The Morgan fingerprint density at radius 2 is 2.00 bits per heavy atom. The number of thiophene rings is 1. The van der Waals surface area contributed by atoms with E-state index in [1.54, 1.807) is 13.8 Å². The van der Waals surface area contributed by atoms with Gasteiger partial charge in [0.25, 0.3) is 0 Å². The first-order chi connectivity index (χ1) is 6.35. The van der Waals surface area contributed by atoms with Crippen molar-refractivity contribution in [3.63, 3.8) is 0 Å². The Labute approximate surface area is 86.1 Å². The van der Waals surface area contributed by atoms with Crippen molar-refractivity contribution in [1.82, 2.24) is 0 Å². The van der Waals surface area contributed by atoms with Gasteiger partial charge >= 0.3 is 5.97 Å². The van der Waals surface area contributed by atoms with Gasteiger partial charge in [-0.15, -0.1) is 11.3 Å². The molecule has 0 bridgehead atoms. The van der Waals surface area contributed by atoms with E-state index in [0.717, 1.165) is 11.3 Å². The van der Waals surface area contributed by atoms with Crippen LogP contribution in [0.25, 0.3) is 0 Å². The van der Waals surface area contributed by atoms with Crippen molar-refractivity contribution in [2.45, 2.75) is 23.3 Å². The van der Waals surface area contributed by atoms with Crippen molar-refractivity contribution in [1.29, 1.82) is 0 Å². The molecule has 14 heavy (non-hydrogen) atoms. The maximum atomic E-state index is 11.6. The van der Waals surface area contributed by atoms with Gasteiger partial charge in [-0.3, -0.25) is 0 Å². The molecule has 0 radical (unpaired) electrons. The Morgan fingerprint density at radius 3 is 2.36 bits per heavy atom. The summed E-state index contributed by atoms with van der Waals surface area (Å²) < 4.78 is 23.3. The minimum absolute atomic E-state index is 0.0456. The highest BCUT2D eigenvalue weighted by atomic mass is 32.2. The third-order valence-electron chi connectivity index (χ3n) is 1.69. The van der Waals surface area contributed by atoms with Gasteiger partial charge in [0, 0.05) is 0 Å². The molecule has 0 unspecified atom stereocenters. The molecule has 0 spiro atoms. The Morgan fingerprint density at radius 1 is 1.43 bits per heavy atom. The van der Waals surface area contributed by atoms with E-state index in [-0.39, 0.29) is 9.09 Å². The molecular weight excluding hydrogens is 224 g/mol. The van der Waals surface area contributed by atoms with E-state index >= 15 is 0 Å². The first kappa shape index (κ1) is 11.2. The zero-order chi connectivity index (χ0) is 10.9. The molecule has 0 fully saturated rings. The lowest BCUT2D eigenvalue weighted by Crippen LogP contribution is -2.12. The molecule has 0 saturated carbocycles. The molecule has 0 amide bonds. The zero-order valence-corrected chi connectivity index (χ0v) is 9.35. The molecule has 0 saturated heterocycles. The van der Waals surface area contributed by atoms with Crippen LogP contribution in [0.4, 0.5) is 0 Å². The van der Waals surface area contributed by atoms with Gasteiger partial charge < -0.3 is 5.11 Å². The molecule has 1 heterocycles. The van der Waals surface area contributed by atoms with Crippen LogP contribution in [-0.2, 0) is 9.84 Å². The number of carbonyl (C=O) groups is 1. The molecule has 1 aromatic heterocycles. The van der Waals surface area contributed by atoms with Crippen molar-refractivity contribution in [2.24, 2.45) is 0 Å². The van der Waals surface area contributed by atoms with Crippen molar-refractivity contribution >= 4 is 27.1 Å². The Kier molecular flexibility index (Phi) is 2.96. The minimum atomic E-state index is -3.33. The summed E-state index contributed by atoms with van der Waals surface area (Å²) in [6.45, 7) is 3.13. The Bertz CT molecular complexity index is 442. The molecule has 78 valence electrons. The molecule has 6 heteroatoms. The molecular formula is C8H10O4S2. The highest BCUT2D eigenvalue weighted by molar-refractivity contribution is 7.94. The van der Waals surface area contributed by atoms with E-state index in [4.69, 9.17) is 5.11 Å². The van der Waals surface area contributed by atoms with Crippen LogP contribution in [0.3, 0.4) is 0 Å². The Balaban J connectivity index is 3.16. The van der Waals surface area contributed by atoms with Gasteiger partial charge in [0.1, 0.15) is 9.09 Å². The number of carboxylic acid groups (broad SMARTS) is 1. The van der Waals surface area contributed by atoms with E-state index in [1.165, 1.54) is 12.1 Å². The summed E-state index contributed by atoms with van der Waals surface area (Å²) in [6.07, 6.45) is 0. The molecule has 0 aromatic carbocycles. The smallest absolute Gasteiger partial charge is 0.345 e. The van der Waals surface area contributed by atoms with Crippen molar-refractivity contribution < 1.29 is 18.3 Å². The van der Waals surface area contributed by atoms with Gasteiger partial charge in [0.05, 0.1) is 5.25 Å². The van der Waals surface area contributed by atoms with E-state index in [2.05, 4.69) is 0 Å². The van der Waals surface area contributed by atoms with Crippen molar-refractivity contribution in [3.05, 3.63) is 17.0 Å². The minimum Gasteiger partial charge on any atom is -0.477 e.